The molecule has 1 amide bonds. The molecule has 0 bridgehead atoms. The summed E-state index contributed by atoms with van der Waals surface area (Å²) < 4.78 is 1.09. The number of anilines is 1. The van der Waals surface area contributed by atoms with Gasteiger partial charge in [0, 0.05) is 32.8 Å². The molecule has 3 heterocycles. The Balaban J connectivity index is 0.00000341. The molecule has 1 fully saturated rings. The molecule has 1 saturated heterocycles. The summed E-state index contributed by atoms with van der Waals surface area (Å²) in [7, 11) is 1.91. The molecule has 168 valence electrons. The van der Waals surface area contributed by atoms with E-state index in [2.05, 4.69) is 11.9 Å². The van der Waals surface area contributed by atoms with Crippen LogP contribution in [0, 0.1) is 17.2 Å². The Kier molecular flexibility index (Phi) is 8.19. The number of nitrogens with two attached hydrogens (primary N) is 1. The molecule has 0 aliphatic carbocycles. The first-order valence-electron chi connectivity index (χ1n) is 10.1. The number of halogens is 1. The predicted molar refractivity (Wildman–Crippen MR) is 118 cm³/mol. The number of aromatic nitrogens is 3. The van der Waals surface area contributed by atoms with Crippen molar-refractivity contribution in [1.82, 2.24) is 19.4 Å². The van der Waals surface area contributed by atoms with Crippen LogP contribution in [-0.2, 0) is 11.2 Å². The number of fused-ring (bicyclic) bond motifs is 1. The van der Waals surface area contributed by atoms with E-state index in [1.807, 2.05) is 18.0 Å². The van der Waals surface area contributed by atoms with Gasteiger partial charge in [0.2, 0.25) is 5.91 Å². The van der Waals surface area contributed by atoms with E-state index < -0.39 is 6.09 Å². The average molecular weight is 450 g/mol. The molecule has 0 aromatic carbocycles. The maximum Gasteiger partial charge on any atom is 0.417 e. The molecular formula is C20H28ClN7O3. The van der Waals surface area contributed by atoms with Crippen LogP contribution in [0.3, 0.4) is 0 Å². The molecular weight excluding hydrogens is 422 g/mol. The molecule has 1 aliphatic rings. The molecule has 3 N–H and O–H groups in total. The molecule has 2 aromatic rings. The van der Waals surface area contributed by atoms with Crippen LogP contribution in [0.1, 0.15) is 32.0 Å². The van der Waals surface area contributed by atoms with Crippen molar-refractivity contribution in [2.75, 3.05) is 31.6 Å². The summed E-state index contributed by atoms with van der Waals surface area (Å²) in [5.74, 6) is 1.30. The summed E-state index contributed by atoms with van der Waals surface area (Å²) in [4.78, 5) is 36.8. The number of hydrogen-bond donors (Lipinski definition) is 2. The highest BCUT2D eigenvalue weighted by Crippen LogP contribution is 2.30. The first-order valence-corrected chi connectivity index (χ1v) is 10.1. The van der Waals surface area contributed by atoms with Crippen LogP contribution < -0.4 is 10.6 Å². The van der Waals surface area contributed by atoms with E-state index in [1.165, 1.54) is 6.20 Å². The summed E-state index contributed by atoms with van der Waals surface area (Å²) in [5, 5.41) is 19.0. The number of nitriles is 1. The van der Waals surface area contributed by atoms with Gasteiger partial charge in [-0.2, -0.15) is 5.26 Å². The van der Waals surface area contributed by atoms with E-state index >= 15 is 0 Å². The highest BCUT2D eigenvalue weighted by atomic mass is 35.5. The van der Waals surface area contributed by atoms with Crippen LogP contribution in [0.15, 0.2) is 12.3 Å². The maximum atomic E-state index is 12.3. The van der Waals surface area contributed by atoms with E-state index in [0.717, 1.165) is 11.0 Å². The average Bonchev–Trinajstić information content (AvgIpc) is 3.16. The van der Waals surface area contributed by atoms with Crippen molar-refractivity contribution in [3.8, 4) is 6.07 Å². The zero-order chi connectivity index (χ0) is 21.8. The number of hydrogen-bond acceptors (Lipinski definition) is 7. The molecule has 0 saturated carbocycles. The summed E-state index contributed by atoms with van der Waals surface area (Å²) in [5.41, 5.74) is 5.96. The SMILES string of the molecule is C[C@@H]1CCN(C(=O)CC#N)C[C@@H]1N(C)c1nc(CCCN)nc2c1ccn2C(=O)O.Cl. The van der Waals surface area contributed by atoms with E-state index in [4.69, 9.17) is 16.0 Å². The third-order valence-electron chi connectivity index (χ3n) is 5.71. The van der Waals surface area contributed by atoms with Gasteiger partial charge in [0.1, 0.15) is 18.1 Å². The number of piperidine rings is 1. The smallest absolute Gasteiger partial charge is 0.417 e. The van der Waals surface area contributed by atoms with Crippen molar-refractivity contribution < 1.29 is 14.7 Å². The van der Waals surface area contributed by atoms with Crippen LogP contribution in [-0.4, -0.2) is 69.3 Å². The van der Waals surface area contributed by atoms with Crippen molar-refractivity contribution in [1.29, 1.82) is 5.26 Å². The van der Waals surface area contributed by atoms with Crippen molar-refractivity contribution in [2.45, 2.75) is 38.6 Å². The lowest BCUT2D eigenvalue weighted by atomic mass is 9.92. The second-order valence-electron chi connectivity index (χ2n) is 7.68. The van der Waals surface area contributed by atoms with E-state index in [-0.39, 0.29) is 30.8 Å². The number of nitrogens with zero attached hydrogens (tertiary/aromatic N) is 6. The lowest BCUT2D eigenvalue weighted by Crippen LogP contribution is -2.52. The topological polar surface area (TPSA) is 141 Å². The van der Waals surface area contributed by atoms with Crippen molar-refractivity contribution in [3.05, 3.63) is 18.1 Å². The standard InChI is InChI=1S/C20H27N7O3.ClH/c1-13-6-10-26(17(28)5-9-22)12-15(13)25(2)18-14-7-11-27(20(29)30)19(14)24-16(23-18)4-3-8-21;/h7,11,13,15H,3-6,8,10,12,21H2,1-2H3,(H,29,30);1H/t13-,15+;/m1./s1. The Morgan fingerprint density at radius 3 is 2.81 bits per heavy atom. The van der Waals surface area contributed by atoms with Crippen molar-refractivity contribution in [3.63, 3.8) is 0 Å². The third-order valence-corrected chi connectivity index (χ3v) is 5.71. The fourth-order valence-electron chi connectivity index (χ4n) is 3.95. The van der Waals surface area contributed by atoms with Gasteiger partial charge in [-0.05, 0) is 31.4 Å². The molecule has 1 aliphatic heterocycles. The molecule has 11 heteroatoms. The molecule has 0 spiro atoms. The maximum absolute atomic E-state index is 12.3. The number of likely N-dealkylation sites (tertiary alicyclic amines) is 1. The number of carbonyl (C=O) groups is 2. The molecule has 3 rings (SSSR count). The molecule has 2 atom stereocenters. The van der Waals surface area contributed by atoms with Gasteiger partial charge in [0.15, 0.2) is 5.65 Å². The highest BCUT2D eigenvalue weighted by molar-refractivity contribution is 5.93. The Labute approximate surface area is 187 Å². The molecule has 0 unspecified atom stereocenters. The molecule has 10 nitrogen and oxygen atoms in total. The number of carbonyl (C=O) groups excluding carboxylic acids is 1. The minimum atomic E-state index is -1.11. The summed E-state index contributed by atoms with van der Waals surface area (Å²) in [6.07, 6.45) is 2.29. The number of likely N-dealkylation sites (N-methyl/N-ethyl adjacent to an activating group) is 1. The minimum Gasteiger partial charge on any atom is -0.464 e. The van der Waals surface area contributed by atoms with E-state index in [1.54, 1.807) is 11.0 Å². The largest absolute Gasteiger partial charge is 0.464 e. The van der Waals surface area contributed by atoms with Crippen LogP contribution in [0.2, 0.25) is 0 Å². The van der Waals surface area contributed by atoms with Crippen LogP contribution in [0.25, 0.3) is 11.0 Å². The lowest BCUT2D eigenvalue weighted by Gasteiger charge is -2.42. The zero-order valence-electron chi connectivity index (χ0n) is 17.7. The van der Waals surface area contributed by atoms with Gasteiger partial charge < -0.3 is 20.6 Å². The number of carboxylic acid groups (broad SMARTS) is 1. The Morgan fingerprint density at radius 2 is 2.16 bits per heavy atom. The quantitative estimate of drug-likeness (QED) is 0.680. The van der Waals surface area contributed by atoms with Crippen LogP contribution >= 0.6 is 12.4 Å². The second kappa shape index (κ2) is 10.4. The van der Waals surface area contributed by atoms with Gasteiger partial charge in [-0.25, -0.2) is 19.3 Å². The fraction of sp³-hybridized carbons (Fsp3) is 0.550. The third kappa shape index (κ3) is 5.06. The van der Waals surface area contributed by atoms with Crippen LogP contribution in [0.4, 0.5) is 10.6 Å². The fourth-order valence-corrected chi connectivity index (χ4v) is 3.95. The second-order valence-corrected chi connectivity index (χ2v) is 7.68. The normalized spacial score (nSPS) is 18.3. The van der Waals surface area contributed by atoms with Gasteiger partial charge in [-0.1, -0.05) is 6.92 Å². The molecule has 2 aromatic heterocycles. The van der Waals surface area contributed by atoms with E-state index in [9.17, 15) is 14.7 Å². The van der Waals surface area contributed by atoms with Crippen molar-refractivity contribution in [2.24, 2.45) is 11.7 Å². The molecule has 31 heavy (non-hydrogen) atoms. The number of aryl methyl sites for hydroxylation is 1. The van der Waals surface area contributed by atoms with Crippen LogP contribution in [0.5, 0.6) is 0 Å². The van der Waals surface area contributed by atoms with Gasteiger partial charge in [0.25, 0.3) is 0 Å². The number of rotatable bonds is 6. The zero-order valence-corrected chi connectivity index (χ0v) is 18.5. The minimum absolute atomic E-state index is 0. The van der Waals surface area contributed by atoms with Gasteiger partial charge in [0.05, 0.1) is 17.5 Å². The van der Waals surface area contributed by atoms with Gasteiger partial charge >= 0.3 is 6.09 Å². The van der Waals surface area contributed by atoms with Gasteiger partial charge in [-0.15, -0.1) is 12.4 Å². The van der Waals surface area contributed by atoms with Crippen molar-refractivity contribution >= 4 is 41.3 Å². The summed E-state index contributed by atoms with van der Waals surface area (Å²) in [6, 6.07) is 3.61. The Morgan fingerprint density at radius 1 is 1.42 bits per heavy atom. The predicted octanol–water partition coefficient (Wildman–Crippen LogP) is 1.86. The van der Waals surface area contributed by atoms with E-state index in [0.29, 0.717) is 61.1 Å². The first-order chi connectivity index (χ1) is 14.4. The summed E-state index contributed by atoms with van der Waals surface area (Å²) >= 11 is 0. The highest BCUT2D eigenvalue weighted by Gasteiger charge is 2.33. The summed E-state index contributed by atoms with van der Waals surface area (Å²) in [6.45, 7) is 3.73. The first kappa shape index (κ1) is 24.4. The Hall–Kier alpha value is -2.90. The molecule has 0 radical (unpaired) electrons. The number of amides is 1. The van der Waals surface area contributed by atoms with Gasteiger partial charge in [-0.3, -0.25) is 4.79 Å². The lowest BCUT2D eigenvalue weighted by molar-refractivity contribution is -0.131. The monoisotopic (exact) mass is 449 g/mol. The Bertz CT molecular complexity index is 987.